The van der Waals surface area contributed by atoms with Crippen LogP contribution in [0.5, 0.6) is 0 Å². The van der Waals surface area contributed by atoms with Crippen LogP contribution in [0, 0.1) is 18.3 Å². The van der Waals surface area contributed by atoms with E-state index in [4.69, 9.17) is 6.42 Å². The van der Waals surface area contributed by atoms with E-state index in [1.54, 1.807) is 0 Å². The zero-order valence-corrected chi connectivity index (χ0v) is 8.73. The van der Waals surface area contributed by atoms with Crippen molar-refractivity contribution in [1.29, 1.82) is 0 Å². The van der Waals surface area contributed by atoms with Gasteiger partial charge in [-0.3, -0.25) is 4.79 Å². The van der Waals surface area contributed by atoms with E-state index in [1.807, 2.05) is 5.92 Å². The molecule has 96 valence electrons. The number of carbonyl (C=O) groups is 1. The smallest absolute Gasteiger partial charge is 0.326 e. The van der Waals surface area contributed by atoms with Crippen LogP contribution >= 0.6 is 0 Å². The van der Waals surface area contributed by atoms with Crippen LogP contribution < -0.4 is 0 Å². The topological polar surface area (TPSA) is 20.3 Å². The summed E-state index contributed by atoms with van der Waals surface area (Å²) >= 11 is 0. The highest BCUT2D eigenvalue weighted by Crippen LogP contribution is 2.38. The molecule has 1 aliphatic rings. The van der Waals surface area contributed by atoms with Crippen molar-refractivity contribution in [2.24, 2.45) is 5.92 Å². The van der Waals surface area contributed by atoms with Crippen molar-refractivity contribution in [2.45, 2.75) is 24.9 Å². The third-order valence-electron chi connectivity index (χ3n) is 2.37. The fourth-order valence-electron chi connectivity index (χ4n) is 1.26. The Labute approximate surface area is 94.8 Å². The average Bonchev–Trinajstić information content (AvgIpc) is 2.98. The largest absolute Gasteiger partial charge is 0.463 e. The molecular formula is C10H10F5NO. The summed E-state index contributed by atoms with van der Waals surface area (Å²) in [6, 6.07) is 0. The number of hydrogen-bond donors (Lipinski definition) is 0. The van der Waals surface area contributed by atoms with Crippen LogP contribution in [0.15, 0.2) is 0 Å². The predicted octanol–water partition coefficient (Wildman–Crippen LogP) is 2.06. The van der Waals surface area contributed by atoms with Gasteiger partial charge in [0.05, 0.1) is 6.54 Å². The lowest BCUT2D eigenvalue weighted by Gasteiger charge is -2.26. The van der Waals surface area contributed by atoms with Crippen LogP contribution in [0.2, 0.25) is 0 Å². The molecule has 0 atom stereocenters. The van der Waals surface area contributed by atoms with Gasteiger partial charge in [0.2, 0.25) is 0 Å². The van der Waals surface area contributed by atoms with Gasteiger partial charge in [-0.15, -0.1) is 6.42 Å². The lowest BCUT2D eigenvalue weighted by Crippen LogP contribution is -2.52. The van der Waals surface area contributed by atoms with Crippen LogP contribution in [0.1, 0.15) is 12.8 Å². The maximum Gasteiger partial charge on any atom is 0.463 e. The summed E-state index contributed by atoms with van der Waals surface area (Å²) in [6.07, 6.45) is 0.386. The first kappa shape index (κ1) is 13.7. The highest BCUT2D eigenvalue weighted by atomic mass is 19.4. The summed E-state index contributed by atoms with van der Waals surface area (Å²) in [5.74, 6) is -5.75. The van der Waals surface area contributed by atoms with E-state index in [2.05, 4.69) is 0 Å². The van der Waals surface area contributed by atoms with Crippen LogP contribution in [0.3, 0.4) is 0 Å². The molecule has 17 heavy (non-hydrogen) atoms. The van der Waals surface area contributed by atoms with Crippen molar-refractivity contribution in [3.8, 4) is 12.3 Å². The Hall–Kier alpha value is -1.32. The van der Waals surface area contributed by atoms with Crippen LogP contribution in [-0.2, 0) is 4.79 Å². The molecule has 0 N–H and O–H groups in total. The molecule has 0 spiro atoms. The number of hydrogen-bond acceptors (Lipinski definition) is 1. The first-order valence-corrected chi connectivity index (χ1v) is 4.87. The minimum Gasteiger partial charge on any atom is -0.326 e. The Bertz CT molecular complexity index is 340. The predicted molar refractivity (Wildman–Crippen MR) is 49.1 cm³/mol. The molecule has 1 fully saturated rings. The molecule has 0 unspecified atom stereocenters. The van der Waals surface area contributed by atoms with Gasteiger partial charge in [-0.1, -0.05) is 5.92 Å². The molecule has 7 heteroatoms. The number of amides is 1. The van der Waals surface area contributed by atoms with E-state index in [9.17, 15) is 26.7 Å². The van der Waals surface area contributed by atoms with Crippen molar-refractivity contribution >= 4 is 5.91 Å². The second-order valence-corrected chi connectivity index (χ2v) is 3.91. The maximum absolute atomic E-state index is 12.8. The number of carbonyl (C=O) groups excluding carboxylic acids is 1. The van der Waals surface area contributed by atoms with Crippen LogP contribution in [0.25, 0.3) is 0 Å². The van der Waals surface area contributed by atoms with Crippen molar-refractivity contribution in [1.82, 2.24) is 4.90 Å². The zero-order chi connectivity index (χ0) is 13.3. The first-order valence-electron chi connectivity index (χ1n) is 4.87. The number of nitrogens with zero attached hydrogens (tertiary/aromatic N) is 1. The second-order valence-electron chi connectivity index (χ2n) is 3.91. The van der Waals surface area contributed by atoms with Gasteiger partial charge in [0.15, 0.2) is 0 Å². The molecule has 1 aliphatic carbocycles. The van der Waals surface area contributed by atoms with Gasteiger partial charge in [-0.05, 0) is 18.8 Å². The summed E-state index contributed by atoms with van der Waals surface area (Å²) in [5.41, 5.74) is 0. The van der Waals surface area contributed by atoms with Gasteiger partial charge in [0.25, 0.3) is 0 Å². The monoisotopic (exact) mass is 255 g/mol. The van der Waals surface area contributed by atoms with E-state index in [0.717, 1.165) is 0 Å². The zero-order valence-electron chi connectivity index (χ0n) is 8.73. The molecule has 0 saturated heterocycles. The van der Waals surface area contributed by atoms with E-state index in [-0.39, 0.29) is 12.5 Å². The number of halogens is 5. The molecule has 1 amide bonds. The molecular weight excluding hydrogens is 245 g/mol. The van der Waals surface area contributed by atoms with Gasteiger partial charge >= 0.3 is 18.0 Å². The molecule has 1 rings (SSSR count). The summed E-state index contributed by atoms with van der Waals surface area (Å²) in [7, 11) is 0. The summed E-state index contributed by atoms with van der Waals surface area (Å²) < 4.78 is 61.5. The lowest BCUT2D eigenvalue weighted by molar-refractivity contribution is -0.274. The van der Waals surface area contributed by atoms with Gasteiger partial charge in [-0.2, -0.15) is 22.0 Å². The van der Waals surface area contributed by atoms with E-state index in [1.165, 1.54) is 0 Å². The first-order chi connectivity index (χ1) is 7.70. The molecule has 0 radical (unpaired) electrons. The van der Waals surface area contributed by atoms with Crippen molar-refractivity contribution in [3.63, 3.8) is 0 Å². The van der Waals surface area contributed by atoms with E-state index < -0.39 is 24.6 Å². The van der Waals surface area contributed by atoms with Crippen molar-refractivity contribution in [3.05, 3.63) is 0 Å². The third kappa shape index (κ3) is 3.08. The summed E-state index contributed by atoms with van der Waals surface area (Å²) in [6.45, 7) is -0.685. The van der Waals surface area contributed by atoms with E-state index in [0.29, 0.717) is 17.7 Å². The van der Waals surface area contributed by atoms with Gasteiger partial charge in [0, 0.05) is 6.54 Å². The van der Waals surface area contributed by atoms with Crippen LogP contribution in [0.4, 0.5) is 22.0 Å². The SMILES string of the molecule is C#CCN(CC1CC1)C(=O)C(F)(F)C(F)(F)F. The third-order valence-corrected chi connectivity index (χ3v) is 2.37. The molecule has 2 nitrogen and oxygen atoms in total. The fraction of sp³-hybridized carbons (Fsp3) is 0.700. The Morgan fingerprint density at radius 1 is 1.29 bits per heavy atom. The second kappa shape index (κ2) is 4.51. The van der Waals surface area contributed by atoms with E-state index >= 15 is 0 Å². The van der Waals surface area contributed by atoms with Gasteiger partial charge in [-0.25, -0.2) is 0 Å². The lowest BCUT2D eigenvalue weighted by atomic mass is 10.2. The fourth-order valence-corrected chi connectivity index (χ4v) is 1.26. The standard InChI is InChI=1S/C10H10F5NO/c1-2-5-16(6-7-3-4-7)8(17)9(11,12)10(13,14)15/h1,7H,3-6H2. The highest BCUT2D eigenvalue weighted by Gasteiger charge is 2.64. The quantitative estimate of drug-likeness (QED) is 0.556. The minimum atomic E-state index is -5.89. The number of terminal acetylenes is 1. The summed E-state index contributed by atoms with van der Waals surface area (Å²) in [5, 5.41) is 0. The summed E-state index contributed by atoms with van der Waals surface area (Å²) in [4.78, 5) is 11.5. The van der Waals surface area contributed by atoms with Crippen LogP contribution in [-0.4, -0.2) is 36.0 Å². The molecule has 0 heterocycles. The Morgan fingerprint density at radius 3 is 2.18 bits per heavy atom. The Kier molecular flexibility index (Phi) is 3.65. The molecule has 0 aromatic carbocycles. The maximum atomic E-state index is 12.8. The highest BCUT2D eigenvalue weighted by molar-refractivity contribution is 5.84. The molecule has 0 bridgehead atoms. The molecule has 0 aromatic heterocycles. The molecule has 0 aliphatic heterocycles. The van der Waals surface area contributed by atoms with Crippen molar-refractivity contribution < 1.29 is 26.7 Å². The van der Waals surface area contributed by atoms with Gasteiger partial charge in [0.1, 0.15) is 0 Å². The number of alkyl halides is 5. The molecule has 1 saturated carbocycles. The van der Waals surface area contributed by atoms with Crippen molar-refractivity contribution in [2.75, 3.05) is 13.1 Å². The Morgan fingerprint density at radius 2 is 1.82 bits per heavy atom. The average molecular weight is 255 g/mol. The number of rotatable bonds is 4. The minimum absolute atomic E-state index is 0.0173. The Balaban J connectivity index is 2.79. The molecule has 0 aromatic rings. The normalized spacial score (nSPS) is 16.5. The van der Waals surface area contributed by atoms with Gasteiger partial charge < -0.3 is 4.90 Å².